The Kier molecular flexibility index (Phi) is 5.81. The smallest absolute Gasteiger partial charge is 0.314 e. The Morgan fingerprint density at radius 3 is 2.73 bits per heavy atom. The predicted octanol–water partition coefficient (Wildman–Crippen LogP) is 2.43. The highest BCUT2D eigenvalue weighted by atomic mass is 16.2. The molecule has 5 nitrogen and oxygen atoms in total. The summed E-state index contributed by atoms with van der Waals surface area (Å²) < 4.78 is 0. The lowest BCUT2D eigenvalue weighted by Gasteiger charge is -2.31. The molecule has 0 aromatic heterocycles. The average molecular weight is 303 g/mol. The topological polar surface area (TPSA) is 75.4 Å². The number of rotatable bonds is 5. The standard InChI is InChI=1S/C17H25N3O2/c1-2-7-15(13-8-4-3-5-9-13)19-16(21)14-10-6-11-20(12-14)17(18)22/h3-5,8-9,14-15H,2,6-7,10-12H2,1H3,(H2,18,22)(H,19,21)/t14-,15+/m0/s1. The van der Waals surface area contributed by atoms with Crippen LogP contribution >= 0.6 is 0 Å². The van der Waals surface area contributed by atoms with Gasteiger partial charge in [-0.05, 0) is 24.8 Å². The van der Waals surface area contributed by atoms with E-state index in [-0.39, 0.29) is 17.9 Å². The zero-order valence-electron chi connectivity index (χ0n) is 13.1. The molecule has 120 valence electrons. The quantitative estimate of drug-likeness (QED) is 0.876. The lowest BCUT2D eigenvalue weighted by atomic mass is 9.95. The van der Waals surface area contributed by atoms with Crippen LogP contribution in [0, 0.1) is 5.92 Å². The molecule has 0 bridgehead atoms. The SMILES string of the molecule is CCC[C@@H](NC(=O)[C@H]1CCCN(C(N)=O)C1)c1ccccc1. The van der Waals surface area contributed by atoms with E-state index in [0.29, 0.717) is 13.1 Å². The maximum Gasteiger partial charge on any atom is 0.314 e. The van der Waals surface area contributed by atoms with E-state index in [1.165, 1.54) is 0 Å². The van der Waals surface area contributed by atoms with E-state index in [2.05, 4.69) is 12.2 Å². The van der Waals surface area contributed by atoms with Crippen LogP contribution in [0.25, 0.3) is 0 Å². The number of likely N-dealkylation sites (tertiary alicyclic amines) is 1. The molecule has 0 aliphatic carbocycles. The third-order valence-corrected chi connectivity index (χ3v) is 4.20. The van der Waals surface area contributed by atoms with Gasteiger partial charge in [0.1, 0.15) is 0 Å². The number of nitrogens with zero attached hydrogens (tertiary/aromatic N) is 1. The number of nitrogens with two attached hydrogens (primary N) is 1. The first-order valence-electron chi connectivity index (χ1n) is 8.01. The fourth-order valence-electron chi connectivity index (χ4n) is 2.98. The number of benzene rings is 1. The van der Waals surface area contributed by atoms with Crippen molar-refractivity contribution in [3.8, 4) is 0 Å². The number of urea groups is 1. The molecule has 1 aliphatic heterocycles. The number of carbonyl (C=O) groups excluding carboxylic acids is 2. The van der Waals surface area contributed by atoms with Gasteiger partial charge >= 0.3 is 6.03 Å². The van der Waals surface area contributed by atoms with Crippen molar-refractivity contribution in [2.45, 2.75) is 38.6 Å². The van der Waals surface area contributed by atoms with Gasteiger partial charge in [-0.3, -0.25) is 4.79 Å². The zero-order valence-corrected chi connectivity index (χ0v) is 13.1. The molecular weight excluding hydrogens is 278 g/mol. The minimum Gasteiger partial charge on any atom is -0.351 e. The van der Waals surface area contributed by atoms with E-state index in [1.54, 1.807) is 4.90 Å². The number of amides is 3. The summed E-state index contributed by atoms with van der Waals surface area (Å²) in [5.74, 6) is -0.141. The van der Waals surface area contributed by atoms with Gasteiger partial charge in [-0.2, -0.15) is 0 Å². The van der Waals surface area contributed by atoms with Crippen molar-refractivity contribution in [3.05, 3.63) is 35.9 Å². The van der Waals surface area contributed by atoms with Crippen LogP contribution in [0.1, 0.15) is 44.2 Å². The number of carbonyl (C=O) groups is 2. The number of piperidine rings is 1. The Morgan fingerprint density at radius 2 is 2.09 bits per heavy atom. The van der Waals surface area contributed by atoms with Crippen LogP contribution in [0.2, 0.25) is 0 Å². The van der Waals surface area contributed by atoms with Crippen molar-refractivity contribution in [2.75, 3.05) is 13.1 Å². The summed E-state index contributed by atoms with van der Waals surface area (Å²) in [5, 5.41) is 3.15. The Bertz CT molecular complexity index is 504. The third kappa shape index (κ3) is 4.23. The van der Waals surface area contributed by atoms with Crippen molar-refractivity contribution >= 4 is 11.9 Å². The lowest BCUT2D eigenvalue weighted by molar-refractivity contribution is -0.127. The van der Waals surface area contributed by atoms with Crippen molar-refractivity contribution in [1.82, 2.24) is 10.2 Å². The molecule has 1 aliphatic rings. The molecule has 1 aromatic rings. The number of hydrogen-bond acceptors (Lipinski definition) is 2. The second-order valence-electron chi connectivity index (χ2n) is 5.88. The Hall–Kier alpha value is -2.04. The molecule has 1 saturated heterocycles. The molecule has 0 saturated carbocycles. The number of hydrogen-bond donors (Lipinski definition) is 2. The van der Waals surface area contributed by atoms with E-state index < -0.39 is 6.03 Å². The Labute approximate surface area is 131 Å². The van der Waals surface area contributed by atoms with Gasteiger partial charge in [0, 0.05) is 13.1 Å². The van der Waals surface area contributed by atoms with Gasteiger partial charge in [0.25, 0.3) is 0 Å². The maximum atomic E-state index is 12.5. The minimum absolute atomic E-state index is 0.0215. The third-order valence-electron chi connectivity index (χ3n) is 4.20. The molecule has 0 unspecified atom stereocenters. The fourth-order valence-corrected chi connectivity index (χ4v) is 2.98. The molecular formula is C17H25N3O2. The largest absolute Gasteiger partial charge is 0.351 e. The average Bonchev–Trinajstić information content (AvgIpc) is 2.55. The van der Waals surface area contributed by atoms with Crippen LogP contribution < -0.4 is 11.1 Å². The lowest BCUT2D eigenvalue weighted by Crippen LogP contribution is -2.47. The van der Waals surface area contributed by atoms with Gasteiger partial charge < -0.3 is 16.0 Å². The molecule has 1 heterocycles. The zero-order chi connectivity index (χ0) is 15.9. The molecule has 22 heavy (non-hydrogen) atoms. The highest BCUT2D eigenvalue weighted by Crippen LogP contribution is 2.21. The predicted molar refractivity (Wildman–Crippen MR) is 86.1 cm³/mol. The maximum absolute atomic E-state index is 12.5. The van der Waals surface area contributed by atoms with Gasteiger partial charge in [-0.1, -0.05) is 43.7 Å². The van der Waals surface area contributed by atoms with Crippen LogP contribution in [0.15, 0.2) is 30.3 Å². The van der Waals surface area contributed by atoms with Crippen molar-refractivity contribution < 1.29 is 9.59 Å². The second kappa shape index (κ2) is 7.82. The van der Waals surface area contributed by atoms with Crippen LogP contribution in [-0.2, 0) is 4.79 Å². The van der Waals surface area contributed by atoms with Crippen LogP contribution in [0.5, 0.6) is 0 Å². The number of nitrogens with one attached hydrogen (secondary N) is 1. The summed E-state index contributed by atoms with van der Waals surface area (Å²) in [4.78, 5) is 25.4. The number of primary amides is 1. The van der Waals surface area contributed by atoms with Gasteiger partial charge in [-0.15, -0.1) is 0 Å². The van der Waals surface area contributed by atoms with Gasteiger partial charge in [0.05, 0.1) is 12.0 Å². The molecule has 5 heteroatoms. The van der Waals surface area contributed by atoms with Gasteiger partial charge in [0.2, 0.25) is 5.91 Å². The van der Waals surface area contributed by atoms with Crippen molar-refractivity contribution in [3.63, 3.8) is 0 Å². The Balaban J connectivity index is 2.00. The Morgan fingerprint density at radius 1 is 1.36 bits per heavy atom. The van der Waals surface area contributed by atoms with Crippen LogP contribution in [0.3, 0.4) is 0 Å². The summed E-state index contributed by atoms with van der Waals surface area (Å²) in [6.07, 6.45) is 3.54. The molecule has 3 amide bonds. The van der Waals surface area contributed by atoms with Crippen molar-refractivity contribution in [2.24, 2.45) is 11.7 Å². The normalized spacial score (nSPS) is 19.5. The van der Waals surface area contributed by atoms with Crippen LogP contribution in [0.4, 0.5) is 4.79 Å². The van der Waals surface area contributed by atoms with Gasteiger partial charge in [0.15, 0.2) is 0 Å². The molecule has 2 atom stereocenters. The summed E-state index contributed by atoms with van der Waals surface area (Å²) in [6.45, 7) is 3.18. The van der Waals surface area contributed by atoms with E-state index >= 15 is 0 Å². The van der Waals surface area contributed by atoms with E-state index in [0.717, 1.165) is 31.2 Å². The van der Waals surface area contributed by atoms with E-state index in [4.69, 9.17) is 5.73 Å². The summed E-state index contributed by atoms with van der Waals surface area (Å²) in [7, 11) is 0. The summed E-state index contributed by atoms with van der Waals surface area (Å²) in [6, 6.07) is 9.61. The second-order valence-corrected chi connectivity index (χ2v) is 5.88. The minimum atomic E-state index is -0.439. The molecule has 2 rings (SSSR count). The highest BCUT2D eigenvalue weighted by molar-refractivity contribution is 5.80. The molecule has 1 fully saturated rings. The molecule has 1 aromatic carbocycles. The van der Waals surface area contributed by atoms with E-state index in [9.17, 15) is 9.59 Å². The van der Waals surface area contributed by atoms with Gasteiger partial charge in [-0.25, -0.2) is 4.79 Å². The monoisotopic (exact) mass is 303 g/mol. The molecule has 0 radical (unpaired) electrons. The molecule has 0 spiro atoms. The highest BCUT2D eigenvalue weighted by Gasteiger charge is 2.28. The van der Waals surface area contributed by atoms with E-state index in [1.807, 2.05) is 30.3 Å². The summed E-state index contributed by atoms with van der Waals surface area (Å²) in [5.41, 5.74) is 6.45. The fraction of sp³-hybridized carbons (Fsp3) is 0.529. The van der Waals surface area contributed by atoms with Crippen LogP contribution in [-0.4, -0.2) is 29.9 Å². The first kappa shape index (κ1) is 16.3. The first-order chi connectivity index (χ1) is 10.6. The molecule has 3 N–H and O–H groups in total. The van der Waals surface area contributed by atoms with Crippen molar-refractivity contribution in [1.29, 1.82) is 0 Å². The summed E-state index contributed by atoms with van der Waals surface area (Å²) >= 11 is 0. The first-order valence-corrected chi connectivity index (χ1v) is 8.01.